The van der Waals surface area contributed by atoms with Crippen LogP contribution in [-0.2, 0) is 11.2 Å². The average molecular weight is 393 g/mol. The second kappa shape index (κ2) is 9.52. The van der Waals surface area contributed by atoms with E-state index in [-0.39, 0.29) is 6.09 Å². The van der Waals surface area contributed by atoms with E-state index in [9.17, 15) is 4.79 Å². The lowest BCUT2D eigenvalue weighted by atomic mass is 10.1. The summed E-state index contributed by atoms with van der Waals surface area (Å²) in [5.41, 5.74) is 6.68. The van der Waals surface area contributed by atoms with Crippen molar-refractivity contribution in [2.45, 2.75) is 32.8 Å². The van der Waals surface area contributed by atoms with Crippen molar-refractivity contribution in [2.24, 2.45) is 10.7 Å². The first kappa shape index (κ1) is 21.7. The summed E-state index contributed by atoms with van der Waals surface area (Å²) in [6.07, 6.45) is 0.409. The molecule has 0 aliphatic carbocycles. The molecule has 8 nitrogen and oxygen atoms in total. The fourth-order valence-corrected chi connectivity index (χ4v) is 2.91. The predicted molar refractivity (Wildman–Crippen MR) is 109 cm³/mol. The van der Waals surface area contributed by atoms with Crippen LogP contribution < -0.4 is 15.2 Å². The molecular weight excluding hydrogens is 360 g/mol. The smallest absolute Gasteiger partial charge is 0.410 e. The molecular formula is C20H32N4O4. The van der Waals surface area contributed by atoms with Crippen LogP contribution in [0.15, 0.2) is 23.2 Å². The molecule has 1 aromatic carbocycles. The molecule has 0 aromatic heterocycles. The van der Waals surface area contributed by atoms with Crippen molar-refractivity contribution in [3.05, 3.63) is 23.8 Å². The molecule has 1 amide bonds. The van der Waals surface area contributed by atoms with Crippen molar-refractivity contribution in [1.82, 2.24) is 9.80 Å². The first-order valence-corrected chi connectivity index (χ1v) is 9.47. The molecule has 0 unspecified atom stereocenters. The minimum atomic E-state index is -0.490. The summed E-state index contributed by atoms with van der Waals surface area (Å²) in [6.45, 7) is 8.54. The largest absolute Gasteiger partial charge is 0.497 e. The second-order valence-corrected chi connectivity index (χ2v) is 7.62. The highest BCUT2D eigenvalue weighted by atomic mass is 16.6. The Balaban J connectivity index is 1.86. The highest BCUT2D eigenvalue weighted by Crippen LogP contribution is 2.24. The number of aliphatic imine (C=N–C) groups is 1. The number of amides is 1. The van der Waals surface area contributed by atoms with Crippen molar-refractivity contribution >= 4 is 12.1 Å². The van der Waals surface area contributed by atoms with Crippen LogP contribution in [0.1, 0.15) is 26.3 Å². The number of hydrogen-bond acceptors (Lipinski definition) is 5. The fraction of sp³-hybridized carbons (Fsp3) is 0.600. The Morgan fingerprint density at radius 1 is 1.11 bits per heavy atom. The Kier molecular flexibility index (Phi) is 7.37. The van der Waals surface area contributed by atoms with Crippen molar-refractivity contribution in [3.63, 3.8) is 0 Å². The minimum Gasteiger partial charge on any atom is -0.497 e. The number of nitrogens with two attached hydrogens (primary N) is 1. The summed E-state index contributed by atoms with van der Waals surface area (Å²) in [6, 6.07) is 5.70. The number of rotatable bonds is 5. The standard InChI is InChI=1S/C20H32N4O4/c1-20(2,3)28-19(25)24-12-10-23(11-13-24)18(21)22-9-8-15-14-16(26-4)6-7-17(15)27-5/h6-7,14H,8-13H2,1-5H3,(H2,21,22). The van der Waals surface area contributed by atoms with Gasteiger partial charge in [0.2, 0.25) is 0 Å². The van der Waals surface area contributed by atoms with Crippen LogP contribution in [0.5, 0.6) is 11.5 Å². The molecule has 1 fully saturated rings. The van der Waals surface area contributed by atoms with Crippen LogP contribution in [0.25, 0.3) is 0 Å². The van der Waals surface area contributed by atoms with E-state index in [2.05, 4.69) is 4.99 Å². The van der Waals surface area contributed by atoms with Gasteiger partial charge in [0.15, 0.2) is 5.96 Å². The van der Waals surface area contributed by atoms with E-state index in [1.54, 1.807) is 19.1 Å². The van der Waals surface area contributed by atoms with Gasteiger partial charge in [0, 0.05) is 32.7 Å². The zero-order valence-corrected chi connectivity index (χ0v) is 17.5. The molecule has 0 bridgehead atoms. The third-order valence-corrected chi connectivity index (χ3v) is 4.40. The Morgan fingerprint density at radius 2 is 1.75 bits per heavy atom. The SMILES string of the molecule is COc1ccc(OC)c(CCN=C(N)N2CCN(C(=O)OC(C)(C)C)CC2)c1. The normalized spacial score (nSPS) is 15.4. The lowest BCUT2D eigenvalue weighted by Crippen LogP contribution is -2.53. The molecule has 2 N–H and O–H groups in total. The monoisotopic (exact) mass is 392 g/mol. The first-order valence-electron chi connectivity index (χ1n) is 9.47. The van der Waals surface area contributed by atoms with Crippen molar-refractivity contribution < 1.29 is 19.0 Å². The van der Waals surface area contributed by atoms with E-state index >= 15 is 0 Å². The van der Waals surface area contributed by atoms with Gasteiger partial charge in [-0.25, -0.2) is 4.79 Å². The number of nitrogens with zero attached hydrogens (tertiary/aromatic N) is 3. The highest BCUT2D eigenvalue weighted by molar-refractivity contribution is 5.78. The molecule has 1 aliphatic rings. The Hall–Kier alpha value is -2.64. The van der Waals surface area contributed by atoms with E-state index in [0.717, 1.165) is 17.1 Å². The maximum absolute atomic E-state index is 12.1. The molecule has 156 valence electrons. The van der Waals surface area contributed by atoms with Crippen LogP contribution in [0, 0.1) is 0 Å². The van der Waals surface area contributed by atoms with Crippen molar-refractivity contribution in [1.29, 1.82) is 0 Å². The molecule has 1 aliphatic heterocycles. The van der Waals surface area contributed by atoms with Gasteiger partial charge in [0.25, 0.3) is 0 Å². The van der Waals surface area contributed by atoms with Gasteiger partial charge in [-0.3, -0.25) is 4.99 Å². The number of guanidine groups is 1. The second-order valence-electron chi connectivity index (χ2n) is 7.62. The lowest BCUT2D eigenvalue weighted by molar-refractivity contribution is 0.0186. The average Bonchev–Trinajstić information content (AvgIpc) is 2.66. The Morgan fingerprint density at radius 3 is 2.32 bits per heavy atom. The number of methoxy groups -OCH3 is 2. The molecule has 0 saturated carbocycles. The molecule has 0 atom stereocenters. The molecule has 0 spiro atoms. The van der Waals surface area contributed by atoms with Gasteiger partial charge in [-0.05, 0) is 51.0 Å². The number of ether oxygens (including phenoxy) is 3. The number of hydrogen-bond donors (Lipinski definition) is 1. The van der Waals surface area contributed by atoms with E-state index in [4.69, 9.17) is 19.9 Å². The van der Waals surface area contributed by atoms with Crippen LogP contribution in [0.3, 0.4) is 0 Å². The van der Waals surface area contributed by atoms with E-state index < -0.39 is 5.60 Å². The van der Waals surface area contributed by atoms with Crippen LogP contribution in [0.4, 0.5) is 4.79 Å². The van der Waals surface area contributed by atoms with E-state index in [1.807, 2.05) is 43.9 Å². The zero-order chi connectivity index (χ0) is 20.7. The summed E-state index contributed by atoms with van der Waals surface area (Å²) in [5, 5.41) is 0. The zero-order valence-electron chi connectivity index (χ0n) is 17.5. The van der Waals surface area contributed by atoms with Gasteiger partial charge in [0.05, 0.1) is 14.2 Å². The molecule has 0 radical (unpaired) electrons. The summed E-state index contributed by atoms with van der Waals surface area (Å²) >= 11 is 0. The first-order chi connectivity index (χ1) is 13.2. The minimum absolute atomic E-state index is 0.284. The molecule has 28 heavy (non-hydrogen) atoms. The van der Waals surface area contributed by atoms with Gasteiger partial charge in [-0.1, -0.05) is 0 Å². The van der Waals surface area contributed by atoms with Crippen LogP contribution >= 0.6 is 0 Å². The van der Waals surface area contributed by atoms with Gasteiger partial charge < -0.3 is 29.7 Å². The highest BCUT2D eigenvalue weighted by Gasteiger charge is 2.26. The van der Waals surface area contributed by atoms with Crippen LogP contribution in [-0.4, -0.2) is 74.4 Å². The quantitative estimate of drug-likeness (QED) is 0.610. The van der Waals surface area contributed by atoms with Gasteiger partial charge in [-0.15, -0.1) is 0 Å². The van der Waals surface area contributed by atoms with Crippen molar-refractivity contribution in [2.75, 3.05) is 46.9 Å². The third kappa shape index (κ3) is 6.21. The van der Waals surface area contributed by atoms with Crippen LogP contribution in [0.2, 0.25) is 0 Å². The summed E-state index contributed by atoms with van der Waals surface area (Å²) in [5.74, 6) is 2.08. The van der Waals surface area contributed by atoms with Gasteiger partial charge in [-0.2, -0.15) is 0 Å². The summed E-state index contributed by atoms with van der Waals surface area (Å²) < 4.78 is 16.1. The van der Waals surface area contributed by atoms with Gasteiger partial charge in [0.1, 0.15) is 17.1 Å². The topological polar surface area (TPSA) is 89.6 Å². The number of carbonyl (C=O) groups is 1. The number of benzene rings is 1. The molecule has 2 rings (SSSR count). The third-order valence-electron chi connectivity index (χ3n) is 4.40. The van der Waals surface area contributed by atoms with E-state index in [1.165, 1.54) is 0 Å². The molecule has 1 aromatic rings. The summed E-state index contributed by atoms with van der Waals surface area (Å²) in [7, 11) is 3.28. The Labute approximate surface area is 167 Å². The maximum Gasteiger partial charge on any atom is 0.410 e. The summed E-state index contributed by atoms with van der Waals surface area (Å²) in [4.78, 5) is 20.3. The lowest BCUT2D eigenvalue weighted by Gasteiger charge is -2.36. The molecule has 1 heterocycles. The van der Waals surface area contributed by atoms with Gasteiger partial charge >= 0.3 is 6.09 Å². The fourth-order valence-electron chi connectivity index (χ4n) is 2.91. The Bertz CT molecular complexity index is 692. The number of carbonyl (C=O) groups excluding carboxylic acids is 1. The molecule has 1 saturated heterocycles. The predicted octanol–water partition coefficient (Wildman–Crippen LogP) is 2.11. The maximum atomic E-state index is 12.1. The van der Waals surface area contributed by atoms with E-state index in [0.29, 0.717) is 45.1 Å². The molecule has 8 heteroatoms. The van der Waals surface area contributed by atoms with Crippen molar-refractivity contribution in [3.8, 4) is 11.5 Å². The number of piperazine rings is 1.